The number of aryl methyl sites for hydroxylation is 3. The minimum atomic E-state index is -1.27. The van der Waals surface area contributed by atoms with Crippen molar-refractivity contribution in [2.24, 2.45) is 0 Å². The lowest BCUT2D eigenvalue weighted by molar-refractivity contribution is -0.254. The van der Waals surface area contributed by atoms with Gasteiger partial charge in [-0.1, -0.05) is 6.07 Å². The summed E-state index contributed by atoms with van der Waals surface area (Å²) in [6.45, 7) is 6.30. The maximum Gasteiger partial charge on any atom is 0.226 e. The van der Waals surface area contributed by atoms with E-state index in [4.69, 9.17) is 4.74 Å². The van der Waals surface area contributed by atoms with Crippen LogP contribution in [0.15, 0.2) is 18.2 Å². The van der Waals surface area contributed by atoms with Crippen LogP contribution in [0.1, 0.15) is 31.5 Å². The highest BCUT2D eigenvalue weighted by Gasteiger charge is 2.11. The summed E-state index contributed by atoms with van der Waals surface area (Å²) in [7, 11) is 0. The highest BCUT2D eigenvalue weighted by Crippen LogP contribution is 2.18. The Balaban J connectivity index is 1.77. The van der Waals surface area contributed by atoms with Gasteiger partial charge in [0.15, 0.2) is 0 Å². The van der Waals surface area contributed by atoms with E-state index in [1.807, 2.05) is 26.0 Å². The van der Waals surface area contributed by atoms with Crippen molar-refractivity contribution in [3.8, 4) is 5.75 Å². The first-order valence-corrected chi connectivity index (χ1v) is 8.32. The SMILES string of the molecule is Cc1cc(C)cc(OCCNC(=O)Cc2nc(C)c(C(=O)[O-])s2)c1. The second kappa shape index (κ2) is 7.92. The van der Waals surface area contributed by atoms with Gasteiger partial charge in [0.1, 0.15) is 17.4 Å². The summed E-state index contributed by atoms with van der Waals surface area (Å²) in [6, 6.07) is 5.94. The molecular weight excluding hydrogens is 328 g/mol. The first-order chi connectivity index (χ1) is 11.3. The second-order valence-electron chi connectivity index (χ2n) is 5.51. The van der Waals surface area contributed by atoms with E-state index in [-0.39, 0.29) is 17.2 Å². The topological polar surface area (TPSA) is 91.3 Å². The van der Waals surface area contributed by atoms with E-state index in [9.17, 15) is 14.7 Å². The van der Waals surface area contributed by atoms with Crippen LogP contribution in [0.4, 0.5) is 0 Å². The quantitative estimate of drug-likeness (QED) is 0.759. The maximum atomic E-state index is 11.9. The molecule has 6 nitrogen and oxygen atoms in total. The van der Waals surface area contributed by atoms with E-state index in [1.165, 1.54) is 0 Å². The summed E-state index contributed by atoms with van der Waals surface area (Å²) in [5, 5.41) is 14.0. The number of aromatic nitrogens is 1. The molecule has 7 heteroatoms. The molecule has 0 unspecified atom stereocenters. The number of hydrogen-bond acceptors (Lipinski definition) is 6. The molecule has 0 saturated heterocycles. The van der Waals surface area contributed by atoms with E-state index in [1.54, 1.807) is 6.92 Å². The fraction of sp³-hybridized carbons (Fsp3) is 0.353. The van der Waals surface area contributed by atoms with Crippen LogP contribution in [0, 0.1) is 20.8 Å². The normalized spacial score (nSPS) is 10.5. The highest BCUT2D eigenvalue weighted by molar-refractivity contribution is 7.13. The van der Waals surface area contributed by atoms with Gasteiger partial charge in [0.2, 0.25) is 5.91 Å². The number of carbonyl (C=O) groups excluding carboxylic acids is 2. The fourth-order valence-corrected chi connectivity index (χ4v) is 3.19. The standard InChI is InChI=1S/C17H20N2O4S/c1-10-6-11(2)8-13(7-10)23-5-4-18-14(20)9-15-19-12(3)16(24-15)17(21)22/h6-8H,4-5,9H2,1-3H3,(H,18,20)(H,21,22)/p-1. The third-order valence-electron chi connectivity index (χ3n) is 3.23. The Morgan fingerprint density at radius 1 is 1.21 bits per heavy atom. The van der Waals surface area contributed by atoms with Crippen molar-refractivity contribution in [1.29, 1.82) is 0 Å². The molecule has 1 aromatic carbocycles. The predicted molar refractivity (Wildman–Crippen MR) is 89.3 cm³/mol. The molecule has 1 aromatic heterocycles. The van der Waals surface area contributed by atoms with Gasteiger partial charge in [0.25, 0.3) is 0 Å². The van der Waals surface area contributed by atoms with Crippen molar-refractivity contribution in [3.63, 3.8) is 0 Å². The van der Waals surface area contributed by atoms with Gasteiger partial charge in [-0.3, -0.25) is 4.79 Å². The molecule has 0 atom stereocenters. The van der Waals surface area contributed by atoms with Crippen LogP contribution in [0.3, 0.4) is 0 Å². The molecule has 0 aliphatic rings. The molecule has 1 heterocycles. The minimum Gasteiger partial charge on any atom is -0.544 e. The van der Waals surface area contributed by atoms with Crippen LogP contribution in [0.2, 0.25) is 0 Å². The summed E-state index contributed by atoms with van der Waals surface area (Å²) in [5.41, 5.74) is 2.62. The number of aromatic carboxylic acids is 1. The van der Waals surface area contributed by atoms with Crippen molar-refractivity contribution in [2.45, 2.75) is 27.2 Å². The van der Waals surface area contributed by atoms with Gasteiger partial charge >= 0.3 is 0 Å². The van der Waals surface area contributed by atoms with E-state index in [0.717, 1.165) is 28.2 Å². The van der Waals surface area contributed by atoms with Gasteiger partial charge in [-0.25, -0.2) is 4.98 Å². The molecular formula is C17H19N2O4S-. The van der Waals surface area contributed by atoms with Crippen LogP contribution in [-0.2, 0) is 11.2 Å². The Morgan fingerprint density at radius 3 is 2.46 bits per heavy atom. The van der Waals surface area contributed by atoms with E-state index in [2.05, 4.69) is 16.4 Å². The Labute approximate surface area is 144 Å². The number of thiazole rings is 1. The largest absolute Gasteiger partial charge is 0.544 e. The summed E-state index contributed by atoms with van der Waals surface area (Å²) in [6.07, 6.45) is 0.0440. The number of nitrogens with one attached hydrogen (secondary N) is 1. The summed E-state index contributed by atoms with van der Waals surface area (Å²) >= 11 is 0.970. The van der Waals surface area contributed by atoms with Crippen LogP contribution in [0.25, 0.3) is 0 Å². The van der Waals surface area contributed by atoms with Crippen molar-refractivity contribution in [2.75, 3.05) is 13.2 Å². The average molecular weight is 347 g/mol. The number of benzene rings is 1. The first-order valence-electron chi connectivity index (χ1n) is 7.50. The molecule has 0 fully saturated rings. The van der Waals surface area contributed by atoms with Crippen molar-refractivity contribution in [1.82, 2.24) is 10.3 Å². The molecule has 1 amide bonds. The summed E-state index contributed by atoms with van der Waals surface area (Å²) < 4.78 is 5.61. The van der Waals surface area contributed by atoms with Gasteiger partial charge < -0.3 is 20.0 Å². The third-order valence-corrected chi connectivity index (χ3v) is 4.36. The second-order valence-corrected chi connectivity index (χ2v) is 6.59. The first kappa shape index (κ1) is 17.9. The van der Waals surface area contributed by atoms with Gasteiger partial charge in [0, 0.05) is 0 Å². The zero-order valence-corrected chi connectivity index (χ0v) is 14.7. The molecule has 2 rings (SSSR count). The number of hydrogen-bond donors (Lipinski definition) is 1. The van der Waals surface area contributed by atoms with Gasteiger partial charge in [-0.15, -0.1) is 11.3 Å². The van der Waals surface area contributed by atoms with Crippen LogP contribution in [0.5, 0.6) is 5.75 Å². The summed E-state index contributed by atoms with van der Waals surface area (Å²) in [4.78, 5) is 26.9. The van der Waals surface area contributed by atoms with Gasteiger partial charge in [-0.2, -0.15) is 0 Å². The molecule has 2 aromatic rings. The lowest BCUT2D eigenvalue weighted by atomic mass is 10.1. The molecule has 0 bridgehead atoms. The Morgan fingerprint density at radius 2 is 1.88 bits per heavy atom. The van der Waals surface area contributed by atoms with E-state index < -0.39 is 5.97 Å². The zero-order chi connectivity index (χ0) is 17.7. The van der Waals surface area contributed by atoms with E-state index >= 15 is 0 Å². The fourth-order valence-electron chi connectivity index (χ4n) is 2.29. The lowest BCUT2D eigenvalue weighted by Crippen LogP contribution is -2.29. The zero-order valence-electron chi connectivity index (χ0n) is 13.8. The van der Waals surface area contributed by atoms with Crippen molar-refractivity contribution >= 4 is 23.2 Å². The molecule has 0 radical (unpaired) electrons. The monoisotopic (exact) mass is 347 g/mol. The molecule has 0 saturated carbocycles. The molecule has 0 aliphatic carbocycles. The predicted octanol–water partition coefficient (Wildman–Crippen LogP) is 1.17. The smallest absolute Gasteiger partial charge is 0.226 e. The van der Waals surface area contributed by atoms with Gasteiger partial charge in [-0.05, 0) is 44.0 Å². The van der Waals surface area contributed by atoms with Crippen LogP contribution >= 0.6 is 11.3 Å². The van der Waals surface area contributed by atoms with Crippen molar-refractivity contribution in [3.05, 3.63) is 44.9 Å². The number of nitrogens with zero attached hydrogens (tertiary/aromatic N) is 1. The Kier molecular flexibility index (Phi) is 5.92. The van der Waals surface area contributed by atoms with Crippen molar-refractivity contribution < 1.29 is 19.4 Å². The number of rotatable bonds is 7. The molecule has 1 N–H and O–H groups in total. The average Bonchev–Trinajstić information content (AvgIpc) is 2.83. The molecule has 24 heavy (non-hydrogen) atoms. The highest BCUT2D eigenvalue weighted by atomic mass is 32.1. The number of ether oxygens (including phenoxy) is 1. The minimum absolute atomic E-state index is 0.0440. The summed E-state index contributed by atoms with van der Waals surface area (Å²) in [5.74, 6) is -0.716. The van der Waals surface area contributed by atoms with Crippen LogP contribution in [-0.4, -0.2) is 30.0 Å². The number of carboxylic acids is 1. The molecule has 128 valence electrons. The number of carboxylic acid groups (broad SMARTS) is 1. The Hall–Kier alpha value is -2.41. The molecule has 0 aliphatic heterocycles. The number of carbonyl (C=O) groups is 2. The van der Waals surface area contributed by atoms with Crippen LogP contribution < -0.4 is 15.2 Å². The van der Waals surface area contributed by atoms with E-state index in [0.29, 0.717) is 23.9 Å². The lowest BCUT2D eigenvalue weighted by Gasteiger charge is -2.09. The van der Waals surface area contributed by atoms with Gasteiger partial charge in [0.05, 0.1) is 29.5 Å². The number of amides is 1. The Bertz CT molecular complexity index is 735. The maximum absolute atomic E-state index is 11.9. The third kappa shape index (κ3) is 5.06. The molecule has 0 spiro atoms.